The number of benzene rings is 1. The molecule has 128 valence electrons. The summed E-state index contributed by atoms with van der Waals surface area (Å²) in [6.45, 7) is 3.42. The van der Waals surface area contributed by atoms with Gasteiger partial charge in [-0.15, -0.1) is 0 Å². The number of hydrogen-bond donors (Lipinski definition) is 1. The van der Waals surface area contributed by atoms with E-state index in [1.54, 1.807) is 17.8 Å². The van der Waals surface area contributed by atoms with E-state index in [9.17, 15) is 4.39 Å². The Bertz CT molecular complexity index is 650. The average molecular weight is 346 g/mol. The molecule has 0 spiro atoms. The van der Waals surface area contributed by atoms with E-state index in [1.807, 2.05) is 30.8 Å². The first kappa shape index (κ1) is 17.3. The Morgan fingerprint density at radius 2 is 2.08 bits per heavy atom. The highest BCUT2D eigenvalue weighted by atomic mass is 32.2. The summed E-state index contributed by atoms with van der Waals surface area (Å²) in [6.07, 6.45) is 8.02. The SMILES string of the molecule is CSc1ncc(CNC2CCCN(Cc3ccccc3F)C2)cn1. The van der Waals surface area contributed by atoms with Crippen molar-refractivity contribution in [2.75, 3.05) is 19.3 Å². The minimum atomic E-state index is -0.112. The van der Waals surface area contributed by atoms with Gasteiger partial charge in [-0.3, -0.25) is 4.90 Å². The van der Waals surface area contributed by atoms with Crippen molar-refractivity contribution in [1.29, 1.82) is 0 Å². The molecule has 1 aromatic carbocycles. The fourth-order valence-corrected chi connectivity index (χ4v) is 3.35. The first-order valence-electron chi connectivity index (χ1n) is 8.28. The Kier molecular flexibility index (Phi) is 6.18. The van der Waals surface area contributed by atoms with Gasteiger partial charge in [-0.25, -0.2) is 14.4 Å². The first-order valence-corrected chi connectivity index (χ1v) is 9.51. The zero-order valence-electron chi connectivity index (χ0n) is 13.9. The normalized spacial score (nSPS) is 18.7. The van der Waals surface area contributed by atoms with Crippen molar-refractivity contribution < 1.29 is 4.39 Å². The molecule has 1 atom stereocenters. The van der Waals surface area contributed by atoms with Crippen LogP contribution in [-0.4, -0.2) is 40.3 Å². The molecule has 1 aromatic heterocycles. The van der Waals surface area contributed by atoms with E-state index in [-0.39, 0.29) is 5.82 Å². The van der Waals surface area contributed by atoms with Crippen molar-refractivity contribution in [2.45, 2.75) is 37.1 Å². The number of halogens is 1. The van der Waals surface area contributed by atoms with Crippen LogP contribution in [0.25, 0.3) is 0 Å². The molecule has 1 aliphatic heterocycles. The van der Waals surface area contributed by atoms with Gasteiger partial charge in [0.15, 0.2) is 5.16 Å². The summed E-state index contributed by atoms with van der Waals surface area (Å²) in [5, 5.41) is 4.38. The fraction of sp³-hybridized carbons (Fsp3) is 0.444. The zero-order valence-corrected chi connectivity index (χ0v) is 14.7. The van der Waals surface area contributed by atoms with Crippen LogP contribution in [0.2, 0.25) is 0 Å². The van der Waals surface area contributed by atoms with E-state index in [0.29, 0.717) is 12.6 Å². The molecule has 0 aliphatic carbocycles. The molecule has 2 heterocycles. The molecule has 1 fully saturated rings. The van der Waals surface area contributed by atoms with E-state index in [2.05, 4.69) is 20.2 Å². The molecule has 1 N–H and O–H groups in total. The summed E-state index contributed by atoms with van der Waals surface area (Å²) < 4.78 is 13.8. The molecule has 1 aliphatic rings. The monoisotopic (exact) mass is 346 g/mol. The summed E-state index contributed by atoms with van der Waals surface area (Å²) in [4.78, 5) is 10.9. The Morgan fingerprint density at radius 1 is 1.29 bits per heavy atom. The molecular formula is C18H23FN4S. The number of hydrogen-bond acceptors (Lipinski definition) is 5. The Morgan fingerprint density at radius 3 is 2.83 bits per heavy atom. The van der Waals surface area contributed by atoms with E-state index in [1.165, 1.54) is 6.07 Å². The Hall–Kier alpha value is -1.50. The summed E-state index contributed by atoms with van der Waals surface area (Å²) in [7, 11) is 0. The molecule has 3 rings (SSSR count). The highest BCUT2D eigenvalue weighted by molar-refractivity contribution is 7.98. The van der Waals surface area contributed by atoms with E-state index in [0.717, 1.165) is 48.8 Å². The van der Waals surface area contributed by atoms with E-state index < -0.39 is 0 Å². The number of likely N-dealkylation sites (tertiary alicyclic amines) is 1. The summed E-state index contributed by atoms with van der Waals surface area (Å²) in [5.41, 5.74) is 1.87. The lowest BCUT2D eigenvalue weighted by Gasteiger charge is -2.33. The van der Waals surface area contributed by atoms with Crippen LogP contribution in [0.5, 0.6) is 0 Å². The lowest BCUT2D eigenvalue weighted by Crippen LogP contribution is -2.45. The second kappa shape index (κ2) is 8.55. The van der Waals surface area contributed by atoms with Gasteiger partial charge in [-0.05, 0) is 31.7 Å². The Balaban J connectivity index is 1.50. The van der Waals surface area contributed by atoms with Gasteiger partial charge in [0.2, 0.25) is 0 Å². The number of nitrogens with zero attached hydrogens (tertiary/aromatic N) is 3. The summed E-state index contributed by atoms with van der Waals surface area (Å²) in [6, 6.07) is 7.47. The van der Waals surface area contributed by atoms with E-state index >= 15 is 0 Å². The topological polar surface area (TPSA) is 41.1 Å². The fourth-order valence-electron chi connectivity index (χ4n) is 3.04. The molecular weight excluding hydrogens is 323 g/mol. The number of rotatable bonds is 6. The standard InChI is InChI=1S/C18H23FN4S/c1-24-18-21-10-14(11-22-18)9-20-16-6-4-8-23(13-16)12-15-5-2-3-7-17(15)19/h2-3,5,7,10-11,16,20H,4,6,8-9,12-13H2,1H3. The number of thioether (sulfide) groups is 1. The minimum Gasteiger partial charge on any atom is -0.309 e. The predicted octanol–water partition coefficient (Wildman–Crippen LogP) is 3.09. The third-order valence-electron chi connectivity index (χ3n) is 4.32. The lowest BCUT2D eigenvalue weighted by atomic mass is 10.0. The second-order valence-electron chi connectivity index (χ2n) is 6.12. The average Bonchev–Trinajstić information content (AvgIpc) is 2.63. The summed E-state index contributed by atoms with van der Waals surface area (Å²) in [5.74, 6) is -0.112. The van der Waals surface area contributed by atoms with Crippen LogP contribution in [0.4, 0.5) is 4.39 Å². The number of nitrogens with one attached hydrogen (secondary N) is 1. The molecule has 24 heavy (non-hydrogen) atoms. The minimum absolute atomic E-state index is 0.112. The molecule has 4 nitrogen and oxygen atoms in total. The van der Waals surface area contributed by atoms with Crippen molar-refractivity contribution in [2.24, 2.45) is 0 Å². The van der Waals surface area contributed by atoms with Gasteiger partial charge < -0.3 is 5.32 Å². The largest absolute Gasteiger partial charge is 0.309 e. The van der Waals surface area contributed by atoms with Crippen molar-refractivity contribution in [1.82, 2.24) is 20.2 Å². The van der Waals surface area contributed by atoms with Crippen molar-refractivity contribution >= 4 is 11.8 Å². The van der Waals surface area contributed by atoms with Crippen LogP contribution >= 0.6 is 11.8 Å². The number of aromatic nitrogens is 2. The van der Waals surface area contributed by atoms with Gasteiger partial charge >= 0.3 is 0 Å². The maximum atomic E-state index is 13.8. The maximum absolute atomic E-state index is 13.8. The maximum Gasteiger partial charge on any atom is 0.187 e. The molecule has 0 amide bonds. The molecule has 0 bridgehead atoms. The lowest BCUT2D eigenvalue weighted by molar-refractivity contribution is 0.181. The highest BCUT2D eigenvalue weighted by Gasteiger charge is 2.20. The third kappa shape index (κ3) is 4.75. The van der Waals surface area contributed by atoms with Crippen LogP contribution in [0, 0.1) is 5.82 Å². The highest BCUT2D eigenvalue weighted by Crippen LogP contribution is 2.16. The van der Waals surface area contributed by atoms with Gasteiger partial charge in [-0.1, -0.05) is 30.0 Å². The Labute approximate surface area is 146 Å². The van der Waals surface area contributed by atoms with Crippen LogP contribution in [0.3, 0.4) is 0 Å². The number of piperidine rings is 1. The second-order valence-corrected chi connectivity index (χ2v) is 6.90. The van der Waals surface area contributed by atoms with Crippen LogP contribution in [0.1, 0.15) is 24.0 Å². The zero-order chi connectivity index (χ0) is 16.8. The molecule has 0 saturated carbocycles. The quantitative estimate of drug-likeness (QED) is 0.643. The molecule has 0 radical (unpaired) electrons. The van der Waals surface area contributed by atoms with Gasteiger partial charge in [-0.2, -0.15) is 0 Å². The molecule has 2 aromatic rings. The van der Waals surface area contributed by atoms with Gasteiger partial charge in [0.25, 0.3) is 0 Å². The van der Waals surface area contributed by atoms with Crippen LogP contribution in [0.15, 0.2) is 41.8 Å². The molecule has 1 unspecified atom stereocenters. The first-order chi connectivity index (χ1) is 11.7. The third-order valence-corrected chi connectivity index (χ3v) is 4.89. The van der Waals surface area contributed by atoms with Crippen molar-refractivity contribution in [3.05, 3.63) is 53.6 Å². The smallest absolute Gasteiger partial charge is 0.187 e. The molecule has 6 heteroatoms. The summed E-state index contributed by atoms with van der Waals surface area (Å²) >= 11 is 1.55. The van der Waals surface area contributed by atoms with Crippen molar-refractivity contribution in [3.8, 4) is 0 Å². The predicted molar refractivity (Wildman–Crippen MR) is 95.4 cm³/mol. The van der Waals surface area contributed by atoms with Gasteiger partial charge in [0.05, 0.1) is 0 Å². The van der Waals surface area contributed by atoms with Gasteiger partial charge in [0, 0.05) is 49.2 Å². The van der Waals surface area contributed by atoms with Gasteiger partial charge in [0.1, 0.15) is 5.82 Å². The molecule has 1 saturated heterocycles. The van der Waals surface area contributed by atoms with Crippen LogP contribution in [-0.2, 0) is 13.1 Å². The van der Waals surface area contributed by atoms with E-state index in [4.69, 9.17) is 0 Å². The van der Waals surface area contributed by atoms with Crippen LogP contribution < -0.4 is 5.32 Å². The van der Waals surface area contributed by atoms with Crippen molar-refractivity contribution in [3.63, 3.8) is 0 Å².